The minimum atomic E-state index is -0.854. The smallest absolute Gasteiger partial charge is 0.373 e. The number of carbonyl (C=O) groups is 3. The largest absolute Gasteiger partial charge is 0.481 e. The van der Waals surface area contributed by atoms with E-state index in [1.54, 1.807) is 6.92 Å². The number of carboxylic acids is 1. The standard InChI is InChI=1S/C18H34N2O4.CO2/c1-3-4-7-10-16(21)11-8-5-6-9-14-19-18(24)20-15(2)12-13-17(22)23;2-1-3/h15H,3-14H2,1-2H3,(H,22,23)(H2,19,20,24);. The van der Waals surface area contributed by atoms with Crippen molar-refractivity contribution in [2.75, 3.05) is 6.54 Å². The maximum absolute atomic E-state index is 11.6. The van der Waals surface area contributed by atoms with E-state index in [1.807, 2.05) is 0 Å². The Morgan fingerprint density at radius 3 is 2.04 bits per heavy atom. The Morgan fingerprint density at radius 2 is 1.48 bits per heavy atom. The van der Waals surface area contributed by atoms with Gasteiger partial charge in [0.2, 0.25) is 0 Å². The summed E-state index contributed by atoms with van der Waals surface area (Å²) >= 11 is 0. The van der Waals surface area contributed by atoms with Gasteiger partial charge in [0.25, 0.3) is 0 Å². The van der Waals surface area contributed by atoms with Gasteiger partial charge in [0, 0.05) is 31.8 Å². The molecule has 8 nitrogen and oxygen atoms in total. The highest BCUT2D eigenvalue weighted by Crippen LogP contribution is 2.07. The molecular weight excluding hydrogens is 352 g/mol. The molecule has 0 rings (SSSR count). The molecule has 8 heteroatoms. The first kappa shape index (κ1) is 27.0. The molecular formula is C19H34N2O6. The summed E-state index contributed by atoms with van der Waals surface area (Å²) in [5, 5.41) is 14.1. The zero-order valence-corrected chi connectivity index (χ0v) is 16.6. The third-order valence-electron chi connectivity index (χ3n) is 3.90. The quantitative estimate of drug-likeness (QED) is 0.371. The number of carbonyl (C=O) groups excluding carboxylic acids is 4. The lowest BCUT2D eigenvalue weighted by Gasteiger charge is -2.13. The van der Waals surface area contributed by atoms with E-state index in [4.69, 9.17) is 14.7 Å². The van der Waals surface area contributed by atoms with Crippen molar-refractivity contribution in [2.24, 2.45) is 0 Å². The molecule has 0 saturated carbocycles. The number of amides is 2. The predicted octanol–water partition coefficient (Wildman–Crippen LogP) is 3.06. The number of carboxylic acid groups (broad SMARTS) is 1. The van der Waals surface area contributed by atoms with Gasteiger partial charge in [-0.05, 0) is 32.6 Å². The van der Waals surface area contributed by atoms with Crippen LogP contribution in [0.1, 0.15) is 84.5 Å². The Labute approximate surface area is 161 Å². The van der Waals surface area contributed by atoms with Gasteiger partial charge in [-0.25, -0.2) is 4.79 Å². The van der Waals surface area contributed by atoms with Crippen LogP contribution in [0.2, 0.25) is 0 Å². The van der Waals surface area contributed by atoms with Crippen LogP contribution >= 0.6 is 0 Å². The second-order valence-corrected chi connectivity index (χ2v) is 6.48. The lowest BCUT2D eigenvalue weighted by Crippen LogP contribution is -2.41. The van der Waals surface area contributed by atoms with Gasteiger partial charge >= 0.3 is 18.2 Å². The molecule has 27 heavy (non-hydrogen) atoms. The normalized spacial score (nSPS) is 10.7. The third kappa shape index (κ3) is 23.8. The van der Waals surface area contributed by atoms with E-state index in [1.165, 1.54) is 0 Å². The molecule has 3 N–H and O–H groups in total. The highest BCUT2D eigenvalue weighted by Gasteiger charge is 2.08. The third-order valence-corrected chi connectivity index (χ3v) is 3.90. The van der Waals surface area contributed by atoms with Gasteiger partial charge in [-0.3, -0.25) is 9.59 Å². The molecule has 0 saturated heterocycles. The molecule has 2 amide bonds. The summed E-state index contributed by atoms with van der Waals surface area (Å²) in [5.74, 6) is -0.482. The lowest BCUT2D eigenvalue weighted by atomic mass is 10.1. The molecule has 0 spiro atoms. The number of aliphatic carboxylic acids is 1. The molecule has 0 aromatic heterocycles. The van der Waals surface area contributed by atoms with Crippen LogP contribution in [0.25, 0.3) is 0 Å². The number of unbranched alkanes of at least 4 members (excludes halogenated alkanes) is 5. The van der Waals surface area contributed by atoms with E-state index in [2.05, 4.69) is 17.6 Å². The summed E-state index contributed by atoms with van der Waals surface area (Å²) in [5.41, 5.74) is 0. The van der Waals surface area contributed by atoms with Crippen molar-refractivity contribution in [2.45, 2.75) is 90.5 Å². The van der Waals surface area contributed by atoms with E-state index in [0.29, 0.717) is 25.2 Å². The fraction of sp³-hybridized carbons (Fsp3) is 0.789. The van der Waals surface area contributed by atoms with Crippen LogP contribution in [0.4, 0.5) is 4.79 Å². The summed E-state index contributed by atoms with van der Waals surface area (Å²) in [4.78, 5) is 49.9. The van der Waals surface area contributed by atoms with Crippen molar-refractivity contribution in [3.63, 3.8) is 0 Å². The number of ketones is 1. The monoisotopic (exact) mass is 386 g/mol. The Kier molecular flexibility index (Phi) is 20.1. The second-order valence-electron chi connectivity index (χ2n) is 6.48. The van der Waals surface area contributed by atoms with Gasteiger partial charge in [-0.1, -0.05) is 32.6 Å². The molecule has 0 bridgehead atoms. The highest BCUT2D eigenvalue weighted by molar-refractivity contribution is 5.78. The molecule has 1 atom stereocenters. The zero-order valence-electron chi connectivity index (χ0n) is 16.6. The van der Waals surface area contributed by atoms with Crippen molar-refractivity contribution >= 4 is 23.9 Å². The zero-order chi connectivity index (χ0) is 20.9. The number of rotatable bonds is 15. The van der Waals surface area contributed by atoms with Gasteiger partial charge in [0.15, 0.2) is 0 Å². The Hall–Kier alpha value is -2.21. The summed E-state index contributed by atoms with van der Waals surface area (Å²) in [6.07, 6.45) is 9.25. The van der Waals surface area contributed by atoms with Crippen LogP contribution in [-0.2, 0) is 19.2 Å². The van der Waals surface area contributed by atoms with Crippen molar-refractivity contribution in [1.82, 2.24) is 10.6 Å². The van der Waals surface area contributed by atoms with E-state index >= 15 is 0 Å². The van der Waals surface area contributed by atoms with Gasteiger partial charge < -0.3 is 15.7 Å². The van der Waals surface area contributed by atoms with Crippen LogP contribution in [-0.4, -0.2) is 41.6 Å². The minimum Gasteiger partial charge on any atom is -0.481 e. The van der Waals surface area contributed by atoms with Crippen LogP contribution in [0.5, 0.6) is 0 Å². The number of hydrogen-bond donors (Lipinski definition) is 3. The van der Waals surface area contributed by atoms with Crippen LogP contribution in [0, 0.1) is 0 Å². The van der Waals surface area contributed by atoms with E-state index < -0.39 is 5.97 Å². The van der Waals surface area contributed by atoms with Gasteiger partial charge in [0.1, 0.15) is 5.78 Å². The highest BCUT2D eigenvalue weighted by atomic mass is 16.4. The maximum atomic E-state index is 11.6. The van der Waals surface area contributed by atoms with E-state index in [-0.39, 0.29) is 24.6 Å². The molecule has 0 aromatic carbocycles. The molecule has 0 aliphatic rings. The van der Waals surface area contributed by atoms with E-state index in [0.717, 1.165) is 51.4 Å². The average molecular weight is 386 g/mol. The van der Waals surface area contributed by atoms with Crippen molar-refractivity contribution < 1.29 is 29.1 Å². The Bertz CT molecular complexity index is 447. The molecule has 0 fully saturated rings. The van der Waals surface area contributed by atoms with E-state index in [9.17, 15) is 14.4 Å². The molecule has 156 valence electrons. The van der Waals surface area contributed by atoms with Crippen molar-refractivity contribution in [3.05, 3.63) is 0 Å². The lowest BCUT2D eigenvalue weighted by molar-refractivity contribution is -0.191. The molecule has 0 aliphatic heterocycles. The summed E-state index contributed by atoms with van der Waals surface area (Å²) < 4.78 is 0. The van der Waals surface area contributed by atoms with Gasteiger partial charge in [-0.15, -0.1) is 0 Å². The van der Waals surface area contributed by atoms with Crippen LogP contribution in [0.15, 0.2) is 0 Å². The van der Waals surface area contributed by atoms with Gasteiger partial charge in [-0.2, -0.15) is 9.59 Å². The molecule has 0 radical (unpaired) electrons. The SMILES string of the molecule is CCCCCC(=O)CCCCCCNC(=O)NC(C)CCC(=O)O.O=C=O. The first-order chi connectivity index (χ1) is 12.9. The Morgan fingerprint density at radius 1 is 0.926 bits per heavy atom. The number of hydrogen-bond acceptors (Lipinski definition) is 5. The first-order valence-electron chi connectivity index (χ1n) is 9.64. The van der Waals surface area contributed by atoms with Crippen molar-refractivity contribution in [3.8, 4) is 0 Å². The average Bonchev–Trinajstić information content (AvgIpc) is 2.60. The first-order valence-corrected chi connectivity index (χ1v) is 9.64. The summed E-state index contributed by atoms with van der Waals surface area (Å²) in [6.45, 7) is 4.53. The predicted molar refractivity (Wildman–Crippen MR) is 100 cm³/mol. The number of urea groups is 1. The summed E-state index contributed by atoms with van der Waals surface area (Å²) in [6, 6.07) is -0.404. The topological polar surface area (TPSA) is 130 Å². The molecule has 1 unspecified atom stereocenters. The van der Waals surface area contributed by atoms with Crippen LogP contribution < -0.4 is 10.6 Å². The minimum absolute atomic E-state index is 0.0542. The fourth-order valence-corrected chi connectivity index (χ4v) is 2.39. The van der Waals surface area contributed by atoms with Gasteiger partial charge in [0.05, 0.1) is 0 Å². The number of Topliss-reactive ketones (excluding diaryl/α,β-unsaturated/α-hetero) is 1. The second kappa shape index (κ2) is 20.1. The summed E-state index contributed by atoms with van der Waals surface area (Å²) in [7, 11) is 0. The molecule has 0 aromatic rings. The maximum Gasteiger partial charge on any atom is 0.373 e. The fourth-order valence-electron chi connectivity index (χ4n) is 2.39. The van der Waals surface area contributed by atoms with Crippen LogP contribution in [0.3, 0.4) is 0 Å². The Balaban J connectivity index is 0. The number of nitrogens with one attached hydrogen (secondary N) is 2. The molecule has 0 heterocycles. The van der Waals surface area contributed by atoms with Crippen molar-refractivity contribution in [1.29, 1.82) is 0 Å². The molecule has 0 aliphatic carbocycles.